The van der Waals surface area contributed by atoms with Crippen LogP contribution >= 0.6 is 15.9 Å². The molecule has 0 spiro atoms. The zero-order valence-corrected chi connectivity index (χ0v) is 13.7. The fourth-order valence-electron chi connectivity index (χ4n) is 1.92. The topological polar surface area (TPSA) is 47.0 Å². The Hall–Kier alpha value is -1.62. The number of nitrogens with one attached hydrogen (secondary N) is 1. The number of benzene rings is 1. The second kappa shape index (κ2) is 5.79. The summed E-state index contributed by atoms with van der Waals surface area (Å²) in [7, 11) is 1.58. The molecule has 0 saturated heterocycles. The van der Waals surface area contributed by atoms with Crippen molar-refractivity contribution in [2.24, 2.45) is 0 Å². The van der Waals surface area contributed by atoms with Crippen LogP contribution in [0.5, 0.6) is 5.88 Å². The third kappa shape index (κ3) is 3.28. The van der Waals surface area contributed by atoms with Gasteiger partial charge in [-0.25, -0.2) is 4.98 Å². The molecule has 0 aliphatic carbocycles. The molecule has 0 amide bonds. The predicted molar refractivity (Wildman–Crippen MR) is 84.7 cm³/mol. The van der Waals surface area contributed by atoms with E-state index in [4.69, 9.17) is 4.74 Å². The van der Waals surface area contributed by atoms with Crippen LogP contribution < -0.4 is 10.1 Å². The molecule has 0 atom stereocenters. The molecular weight excluding hydrogens is 318 g/mol. The van der Waals surface area contributed by atoms with Crippen LogP contribution in [0.15, 0.2) is 34.9 Å². The molecule has 0 aliphatic rings. The standard InChI is InChI=1S/C15H18BrN3O/c1-15(2,3)10-7-5-6-8-12(10)18-14-17-9-11(16)13(19-14)20-4/h5-9H,1-4H3,(H,17,18,19). The van der Waals surface area contributed by atoms with E-state index in [9.17, 15) is 0 Å². The number of rotatable bonds is 3. The summed E-state index contributed by atoms with van der Waals surface area (Å²) in [6.07, 6.45) is 1.67. The maximum Gasteiger partial charge on any atom is 0.232 e. The molecule has 0 bridgehead atoms. The van der Waals surface area contributed by atoms with Crippen LogP contribution in [0, 0.1) is 0 Å². The Morgan fingerprint density at radius 1 is 1.20 bits per heavy atom. The van der Waals surface area contributed by atoms with Crippen molar-refractivity contribution in [1.82, 2.24) is 9.97 Å². The molecule has 1 aromatic heterocycles. The number of para-hydroxylation sites is 1. The Bertz CT molecular complexity index is 608. The molecule has 0 saturated carbocycles. The van der Waals surface area contributed by atoms with Gasteiger partial charge in [0.15, 0.2) is 0 Å². The number of nitrogens with zero attached hydrogens (tertiary/aromatic N) is 2. The van der Waals surface area contributed by atoms with Gasteiger partial charge in [-0.15, -0.1) is 0 Å². The number of hydrogen-bond donors (Lipinski definition) is 1. The van der Waals surface area contributed by atoms with Gasteiger partial charge in [0.25, 0.3) is 0 Å². The van der Waals surface area contributed by atoms with Crippen molar-refractivity contribution in [3.05, 3.63) is 40.5 Å². The summed E-state index contributed by atoms with van der Waals surface area (Å²) in [5, 5.41) is 3.26. The highest BCUT2D eigenvalue weighted by atomic mass is 79.9. The van der Waals surface area contributed by atoms with E-state index in [0.717, 1.165) is 10.2 Å². The Morgan fingerprint density at radius 3 is 2.55 bits per heavy atom. The van der Waals surface area contributed by atoms with Gasteiger partial charge in [0.2, 0.25) is 11.8 Å². The predicted octanol–water partition coefficient (Wildman–Crippen LogP) is 4.29. The van der Waals surface area contributed by atoms with Crippen LogP contribution in [0.3, 0.4) is 0 Å². The number of methoxy groups -OCH3 is 1. The molecule has 20 heavy (non-hydrogen) atoms. The van der Waals surface area contributed by atoms with E-state index in [0.29, 0.717) is 11.8 Å². The Kier molecular flexibility index (Phi) is 4.28. The van der Waals surface area contributed by atoms with Crippen LogP contribution in [-0.4, -0.2) is 17.1 Å². The smallest absolute Gasteiger partial charge is 0.232 e. The van der Waals surface area contributed by atoms with Gasteiger partial charge < -0.3 is 10.1 Å². The van der Waals surface area contributed by atoms with Gasteiger partial charge in [-0.3, -0.25) is 0 Å². The van der Waals surface area contributed by atoms with Crippen molar-refractivity contribution < 1.29 is 4.74 Å². The Morgan fingerprint density at radius 2 is 1.90 bits per heavy atom. The van der Waals surface area contributed by atoms with Crippen molar-refractivity contribution in [2.45, 2.75) is 26.2 Å². The number of halogens is 1. The lowest BCUT2D eigenvalue weighted by molar-refractivity contribution is 0.394. The monoisotopic (exact) mass is 335 g/mol. The molecular formula is C15H18BrN3O. The third-order valence-electron chi connectivity index (χ3n) is 2.89. The van der Waals surface area contributed by atoms with Gasteiger partial charge in [0.1, 0.15) is 0 Å². The van der Waals surface area contributed by atoms with Crippen LogP contribution in [-0.2, 0) is 5.41 Å². The quantitative estimate of drug-likeness (QED) is 0.908. The Labute approximate surface area is 127 Å². The van der Waals surface area contributed by atoms with Crippen LogP contribution in [0.1, 0.15) is 26.3 Å². The van der Waals surface area contributed by atoms with E-state index < -0.39 is 0 Å². The molecule has 4 nitrogen and oxygen atoms in total. The highest BCUT2D eigenvalue weighted by Gasteiger charge is 2.18. The van der Waals surface area contributed by atoms with Gasteiger partial charge in [-0.05, 0) is 33.0 Å². The highest BCUT2D eigenvalue weighted by molar-refractivity contribution is 9.10. The minimum Gasteiger partial charge on any atom is -0.480 e. The zero-order valence-electron chi connectivity index (χ0n) is 12.1. The largest absolute Gasteiger partial charge is 0.480 e. The lowest BCUT2D eigenvalue weighted by Crippen LogP contribution is -2.14. The number of ether oxygens (including phenoxy) is 1. The molecule has 5 heteroatoms. The zero-order chi connectivity index (χ0) is 14.8. The minimum atomic E-state index is 0.0447. The third-order valence-corrected chi connectivity index (χ3v) is 3.43. The average molecular weight is 336 g/mol. The normalized spacial score (nSPS) is 11.2. The average Bonchev–Trinajstić information content (AvgIpc) is 2.40. The molecule has 0 aliphatic heterocycles. The summed E-state index contributed by atoms with van der Waals surface area (Å²) in [5.41, 5.74) is 2.26. The Balaban J connectivity index is 2.36. The highest BCUT2D eigenvalue weighted by Crippen LogP contribution is 2.31. The van der Waals surface area contributed by atoms with Crippen LogP contribution in [0.2, 0.25) is 0 Å². The van der Waals surface area contributed by atoms with E-state index in [1.165, 1.54) is 5.56 Å². The summed E-state index contributed by atoms with van der Waals surface area (Å²) in [5.74, 6) is 1.03. The summed E-state index contributed by atoms with van der Waals surface area (Å²) in [6.45, 7) is 6.53. The molecule has 1 aromatic carbocycles. The van der Waals surface area contributed by atoms with Gasteiger partial charge in [0, 0.05) is 5.69 Å². The molecule has 2 rings (SSSR count). The molecule has 0 radical (unpaired) electrons. The van der Waals surface area contributed by atoms with Crippen molar-refractivity contribution in [1.29, 1.82) is 0 Å². The van der Waals surface area contributed by atoms with E-state index in [1.807, 2.05) is 18.2 Å². The van der Waals surface area contributed by atoms with Gasteiger partial charge in [-0.2, -0.15) is 4.98 Å². The molecule has 0 fully saturated rings. The van der Waals surface area contributed by atoms with E-state index >= 15 is 0 Å². The first kappa shape index (κ1) is 14.8. The fraction of sp³-hybridized carbons (Fsp3) is 0.333. The SMILES string of the molecule is COc1nc(Nc2ccccc2C(C)(C)C)ncc1Br. The summed E-state index contributed by atoms with van der Waals surface area (Å²) >= 11 is 3.34. The number of anilines is 2. The molecule has 1 heterocycles. The first-order chi connectivity index (χ1) is 9.41. The van der Waals surface area contributed by atoms with E-state index in [2.05, 4.69) is 58.1 Å². The first-order valence-electron chi connectivity index (χ1n) is 6.35. The summed E-state index contributed by atoms with van der Waals surface area (Å²) in [4.78, 5) is 8.57. The summed E-state index contributed by atoms with van der Waals surface area (Å²) in [6, 6.07) is 8.17. The van der Waals surface area contributed by atoms with Crippen molar-refractivity contribution in [3.63, 3.8) is 0 Å². The van der Waals surface area contributed by atoms with Crippen LogP contribution in [0.4, 0.5) is 11.6 Å². The van der Waals surface area contributed by atoms with Gasteiger partial charge in [0.05, 0.1) is 17.8 Å². The number of hydrogen-bond acceptors (Lipinski definition) is 4. The van der Waals surface area contributed by atoms with Crippen LogP contribution in [0.25, 0.3) is 0 Å². The van der Waals surface area contributed by atoms with Crippen molar-refractivity contribution in [2.75, 3.05) is 12.4 Å². The van der Waals surface area contributed by atoms with Gasteiger partial charge >= 0.3 is 0 Å². The second-order valence-corrected chi connectivity index (χ2v) is 6.33. The van der Waals surface area contributed by atoms with Crippen molar-refractivity contribution in [3.8, 4) is 5.88 Å². The molecule has 106 valence electrons. The van der Waals surface area contributed by atoms with E-state index in [-0.39, 0.29) is 5.41 Å². The second-order valence-electron chi connectivity index (χ2n) is 5.47. The molecule has 0 unspecified atom stereocenters. The van der Waals surface area contributed by atoms with Crippen molar-refractivity contribution >= 4 is 27.6 Å². The first-order valence-corrected chi connectivity index (χ1v) is 7.14. The minimum absolute atomic E-state index is 0.0447. The molecule has 1 N–H and O–H groups in total. The van der Waals surface area contributed by atoms with E-state index in [1.54, 1.807) is 13.3 Å². The van der Waals surface area contributed by atoms with Gasteiger partial charge in [-0.1, -0.05) is 39.0 Å². The maximum atomic E-state index is 5.18. The lowest BCUT2D eigenvalue weighted by Gasteiger charge is -2.23. The molecule has 2 aromatic rings. The maximum absolute atomic E-state index is 5.18. The summed E-state index contributed by atoms with van der Waals surface area (Å²) < 4.78 is 5.91. The fourth-order valence-corrected chi connectivity index (χ4v) is 2.27. The number of aromatic nitrogens is 2. The lowest BCUT2D eigenvalue weighted by atomic mass is 9.86.